The van der Waals surface area contributed by atoms with Gasteiger partial charge in [0, 0.05) is 19.7 Å². The van der Waals surface area contributed by atoms with Gasteiger partial charge in [0.25, 0.3) is 5.69 Å². The Hall–Kier alpha value is -2.30. The van der Waals surface area contributed by atoms with Gasteiger partial charge in [-0.25, -0.2) is 8.42 Å². The van der Waals surface area contributed by atoms with Gasteiger partial charge >= 0.3 is 6.61 Å². The zero-order chi connectivity index (χ0) is 19.5. The first-order valence-corrected chi connectivity index (χ1v) is 8.87. The summed E-state index contributed by atoms with van der Waals surface area (Å²) in [6.07, 6.45) is 0. The number of hydrogen-bond donors (Lipinski definition) is 0. The quantitative estimate of drug-likeness (QED) is 0.517. The molecule has 0 amide bonds. The summed E-state index contributed by atoms with van der Waals surface area (Å²) in [6, 6.07) is 8.64. The first-order valence-electron chi connectivity index (χ1n) is 7.05. The fourth-order valence-electron chi connectivity index (χ4n) is 2.09. The highest BCUT2D eigenvalue weighted by atomic mass is 35.5. The SMILES string of the molecule is CN(Cc1ccc(OC(F)F)cc1)S(=O)(=O)c1ccc(Cl)c([N+](=O)[O-])c1. The molecule has 2 aromatic rings. The second-order valence-corrected chi connectivity index (χ2v) is 7.61. The van der Waals surface area contributed by atoms with Crippen LogP contribution in [-0.4, -0.2) is 31.3 Å². The largest absolute Gasteiger partial charge is 0.435 e. The Morgan fingerprint density at radius 2 is 1.85 bits per heavy atom. The van der Waals surface area contributed by atoms with Crippen molar-refractivity contribution in [3.8, 4) is 5.75 Å². The summed E-state index contributed by atoms with van der Waals surface area (Å²) >= 11 is 5.69. The van der Waals surface area contributed by atoms with Gasteiger partial charge in [0.2, 0.25) is 10.0 Å². The zero-order valence-corrected chi connectivity index (χ0v) is 14.9. The van der Waals surface area contributed by atoms with Crippen molar-refractivity contribution >= 4 is 27.3 Å². The number of alkyl halides is 2. The summed E-state index contributed by atoms with van der Waals surface area (Å²) in [7, 11) is -2.73. The Morgan fingerprint density at radius 3 is 2.38 bits per heavy atom. The Morgan fingerprint density at radius 1 is 1.23 bits per heavy atom. The first-order chi connectivity index (χ1) is 12.1. The molecule has 0 aliphatic heterocycles. The molecule has 2 aromatic carbocycles. The topological polar surface area (TPSA) is 89.8 Å². The predicted molar refractivity (Wildman–Crippen MR) is 89.8 cm³/mol. The summed E-state index contributed by atoms with van der Waals surface area (Å²) in [4.78, 5) is 9.86. The van der Waals surface area contributed by atoms with Gasteiger partial charge in [-0.3, -0.25) is 10.1 Å². The lowest BCUT2D eigenvalue weighted by Crippen LogP contribution is -2.26. The molecule has 0 N–H and O–H groups in total. The van der Waals surface area contributed by atoms with Crippen LogP contribution in [0.15, 0.2) is 47.4 Å². The van der Waals surface area contributed by atoms with Crippen molar-refractivity contribution in [1.29, 1.82) is 0 Å². The Bertz CT molecular complexity index is 907. The smallest absolute Gasteiger partial charge is 0.387 e. The maximum absolute atomic E-state index is 12.6. The minimum atomic E-state index is -4.02. The van der Waals surface area contributed by atoms with Gasteiger partial charge in [0.1, 0.15) is 10.8 Å². The van der Waals surface area contributed by atoms with Crippen molar-refractivity contribution in [2.24, 2.45) is 0 Å². The predicted octanol–water partition coefficient (Wildman–Crippen LogP) is 3.67. The van der Waals surface area contributed by atoms with E-state index in [2.05, 4.69) is 4.74 Å². The lowest BCUT2D eigenvalue weighted by molar-refractivity contribution is -0.384. The van der Waals surface area contributed by atoms with Crippen LogP contribution < -0.4 is 4.74 Å². The van der Waals surface area contributed by atoms with Crippen LogP contribution in [0.1, 0.15) is 5.56 Å². The number of nitrogens with zero attached hydrogens (tertiary/aromatic N) is 2. The van der Waals surface area contributed by atoms with E-state index in [1.807, 2.05) is 0 Å². The fraction of sp³-hybridized carbons (Fsp3) is 0.200. The van der Waals surface area contributed by atoms with E-state index in [1.165, 1.54) is 37.4 Å². The lowest BCUT2D eigenvalue weighted by Gasteiger charge is -2.17. The van der Waals surface area contributed by atoms with Gasteiger partial charge in [-0.05, 0) is 29.8 Å². The number of nitro groups is 1. The molecule has 0 saturated carbocycles. The highest BCUT2D eigenvalue weighted by molar-refractivity contribution is 7.89. The number of sulfonamides is 1. The van der Waals surface area contributed by atoms with E-state index >= 15 is 0 Å². The molecule has 0 fully saturated rings. The van der Waals surface area contributed by atoms with Crippen molar-refractivity contribution < 1.29 is 26.9 Å². The number of rotatable bonds is 7. The number of ether oxygens (including phenoxy) is 1. The Labute approximate surface area is 153 Å². The van der Waals surface area contributed by atoms with Crippen LogP contribution in [0.25, 0.3) is 0 Å². The Kier molecular flexibility index (Phi) is 6.11. The fourth-order valence-corrected chi connectivity index (χ4v) is 3.46. The number of halogens is 3. The molecule has 0 spiro atoms. The maximum Gasteiger partial charge on any atom is 0.387 e. The lowest BCUT2D eigenvalue weighted by atomic mass is 10.2. The zero-order valence-electron chi connectivity index (χ0n) is 13.3. The van der Waals surface area contributed by atoms with Crippen LogP contribution in [0.2, 0.25) is 5.02 Å². The molecule has 2 rings (SSSR count). The van der Waals surface area contributed by atoms with Crippen LogP contribution in [0, 0.1) is 10.1 Å². The number of hydrogen-bond acceptors (Lipinski definition) is 5. The standard InChI is InChI=1S/C15H13ClF2N2O5S/c1-19(9-10-2-4-11(5-3-10)25-15(17)18)26(23,24)12-6-7-13(16)14(8-12)20(21)22/h2-8,15H,9H2,1H3. The highest BCUT2D eigenvalue weighted by Gasteiger charge is 2.24. The third kappa shape index (κ3) is 4.65. The van der Waals surface area contributed by atoms with E-state index in [0.29, 0.717) is 5.56 Å². The molecule has 0 aromatic heterocycles. The van der Waals surface area contributed by atoms with Crippen molar-refractivity contribution in [3.05, 3.63) is 63.2 Å². The molecule has 0 radical (unpaired) electrons. The van der Waals surface area contributed by atoms with Gasteiger partial charge in [0.05, 0.1) is 9.82 Å². The molecule has 0 heterocycles. The van der Waals surface area contributed by atoms with E-state index in [9.17, 15) is 27.3 Å². The van der Waals surface area contributed by atoms with Crippen LogP contribution in [0.4, 0.5) is 14.5 Å². The minimum absolute atomic E-state index is 0.0532. The molecule has 11 heteroatoms. The van der Waals surface area contributed by atoms with Crippen molar-refractivity contribution in [2.75, 3.05) is 7.05 Å². The Balaban J connectivity index is 2.21. The van der Waals surface area contributed by atoms with E-state index in [-0.39, 0.29) is 22.2 Å². The van der Waals surface area contributed by atoms with Crippen LogP contribution in [0.3, 0.4) is 0 Å². The normalized spacial score (nSPS) is 11.8. The molecule has 0 saturated heterocycles. The molecule has 140 valence electrons. The molecule has 26 heavy (non-hydrogen) atoms. The van der Waals surface area contributed by atoms with Gasteiger partial charge in [-0.15, -0.1) is 0 Å². The molecule has 0 unspecified atom stereocenters. The summed E-state index contributed by atoms with van der Waals surface area (Å²) in [5.41, 5.74) is -0.00389. The summed E-state index contributed by atoms with van der Waals surface area (Å²) in [5.74, 6) is -0.0532. The van der Waals surface area contributed by atoms with Gasteiger partial charge in [0.15, 0.2) is 0 Å². The van der Waals surface area contributed by atoms with Gasteiger partial charge < -0.3 is 4.74 Å². The molecule has 0 atom stereocenters. The van der Waals surface area contributed by atoms with E-state index in [4.69, 9.17) is 11.6 Å². The van der Waals surface area contributed by atoms with Crippen molar-refractivity contribution in [2.45, 2.75) is 18.1 Å². The van der Waals surface area contributed by atoms with Crippen LogP contribution in [0.5, 0.6) is 5.75 Å². The molecule has 7 nitrogen and oxygen atoms in total. The average Bonchev–Trinajstić information content (AvgIpc) is 2.56. The first kappa shape index (κ1) is 20.0. The monoisotopic (exact) mass is 406 g/mol. The molecular formula is C15H13ClF2N2O5S. The van der Waals surface area contributed by atoms with Crippen LogP contribution in [-0.2, 0) is 16.6 Å². The second kappa shape index (κ2) is 7.94. The minimum Gasteiger partial charge on any atom is -0.435 e. The molecular weight excluding hydrogens is 394 g/mol. The maximum atomic E-state index is 12.6. The number of nitro benzene ring substituents is 1. The third-order valence-electron chi connectivity index (χ3n) is 3.38. The molecule has 0 aliphatic carbocycles. The van der Waals surface area contributed by atoms with E-state index in [1.54, 1.807) is 0 Å². The van der Waals surface area contributed by atoms with Gasteiger partial charge in [-0.1, -0.05) is 23.7 Å². The average molecular weight is 407 g/mol. The summed E-state index contributed by atoms with van der Waals surface area (Å²) < 4.78 is 54.6. The highest BCUT2D eigenvalue weighted by Crippen LogP contribution is 2.28. The molecule has 0 aliphatic rings. The summed E-state index contributed by atoms with van der Waals surface area (Å²) in [5, 5.41) is 10.7. The van der Waals surface area contributed by atoms with Gasteiger partial charge in [-0.2, -0.15) is 13.1 Å². The van der Waals surface area contributed by atoms with Crippen molar-refractivity contribution in [3.63, 3.8) is 0 Å². The third-order valence-corrected chi connectivity index (χ3v) is 5.50. The second-order valence-electron chi connectivity index (χ2n) is 5.15. The van der Waals surface area contributed by atoms with E-state index in [0.717, 1.165) is 16.4 Å². The van der Waals surface area contributed by atoms with Crippen LogP contribution >= 0.6 is 11.6 Å². The van der Waals surface area contributed by atoms with Crippen molar-refractivity contribution in [1.82, 2.24) is 4.31 Å². The summed E-state index contributed by atoms with van der Waals surface area (Å²) in [6.45, 7) is -3.03. The number of benzene rings is 2. The van der Waals surface area contributed by atoms with E-state index < -0.39 is 27.2 Å². The molecule has 0 bridgehead atoms.